The van der Waals surface area contributed by atoms with Crippen LogP contribution in [0.25, 0.3) is 10.9 Å². The first-order valence-corrected chi connectivity index (χ1v) is 10.9. The van der Waals surface area contributed by atoms with Gasteiger partial charge in [0.1, 0.15) is 12.1 Å². The molecule has 2 amide bonds. The van der Waals surface area contributed by atoms with Gasteiger partial charge >= 0.3 is 6.03 Å². The minimum atomic E-state index is -0.0889. The predicted octanol–water partition coefficient (Wildman–Crippen LogP) is 3.06. The van der Waals surface area contributed by atoms with Crippen LogP contribution in [0.2, 0.25) is 0 Å². The number of amides is 2. The van der Waals surface area contributed by atoms with Gasteiger partial charge in [0.05, 0.1) is 19.7 Å². The zero-order valence-corrected chi connectivity index (χ0v) is 19.5. The zero-order valence-electron chi connectivity index (χ0n) is 19.5. The highest BCUT2D eigenvalue weighted by Gasteiger charge is 2.24. The van der Waals surface area contributed by atoms with E-state index in [0.717, 1.165) is 29.0 Å². The van der Waals surface area contributed by atoms with Crippen molar-refractivity contribution in [1.29, 1.82) is 0 Å². The van der Waals surface area contributed by atoms with Crippen molar-refractivity contribution in [3.8, 4) is 11.5 Å². The van der Waals surface area contributed by atoms with Crippen molar-refractivity contribution >= 4 is 28.4 Å². The van der Waals surface area contributed by atoms with E-state index in [2.05, 4.69) is 25.1 Å². The molecule has 1 aliphatic rings. The fourth-order valence-electron chi connectivity index (χ4n) is 4.00. The topological polar surface area (TPSA) is 83.1 Å². The van der Waals surface area contributed by atoms with E-state index in [0.29, 0.717) is 37.7 Å². The number of methoxy groups -OCH3 is 2. The number of aromatic nitrogens is 2. The molecule has 9 heteroatoms. The summed E-state index contributed by atoms with van der Waals surface area (Å²) in [5, 5.41) is 3.90. The highest BCUT2D eigenvalue weighted by molar-refractivity contribution is 5.92. The molecule has 3 aromatic rings. The van der Waals surface area contributed by atoms with Crippen LogP contribution in [0.4, 0.5) is 16.3 Å². The number of carbonyl (C=O) groups is 1. The van der Waals surface area contributed by atoms with Crippen LogP contribution in [0.1, 0.15) is 5.56 Å². The van der Waals surface area contributed by atoms with Crippen molar-refractivity contribution in [3.05, 3.63) is 48.3 Å². The SMILES string of the molecule is COc1cc2ncnc(N3CCN(C(=O)Nc4ccc(CN(C)C)cc4)CC3)c2cc1OC. The largest absolute Gasteiger partial charge is 0.493 e. The molecule has 33 heavy (non-hydrogen) atoms. The highest BCUT2D eigenvalue weighted by atomic mass is 16.5. The Morgan fingerprint density at radius 3 is 2.30 bits per heavy atom. The molecule has 9 nitrogen and oxygen atoms in total. The van der Waals surface area contributed by atoms with Crippen molar-refractivity contribution < 1.29 is 14.3 Å². The van der Waals surface area contributed by atoms with Gasteiger partial charge in [-0.2, -0.15) is 0 Å². The van der Waals surface area contributed by atoms with Crippen LogP contribution in [-0.2, 0) is 6.54 Å². The molecule has 1 N–H and O–H groups in total. The summed E-state index contributed by atoms with van der Waals surface area (Å²) in [5.74, 6) is 2.10. The molecule has 4 rings (SSSR count). The first-order chi connectivity index (χ1) is 16.0. The van der Waals surface area contributed by atoms with Gasteiger partial charge in [-0.1, -0.05) is 12.1 Å². The molecular formula is C24H30N6O3. The number of urea groups is 1. The van der Waals surface area contributed by atoms with Crippen molar-refractivity contribution in [2.45, 2.75) is 6.54 Å². The molecule has 2 heterocycles. The molecule has 0 bridgehead atoms. The number of ether oxygens (including phenoxy) is 2. The summed E-state index contributed by atoms with van der Waals surface area (Å²) in [6, 6.07) is 11.6. The van der Waals surface area contributed by atoms with E-state index in [1.807, 2.05) is 55.4 Å². The van der Waals surface area contributed by atoms with Crippen molar-refractivity contribution in [2.24, 2.45) is 0 Å². The molecule has 1 fully saturated rings. The summed E-state index contributed by atoms with van der Waals surface area (Å²) in [5.41, 5.74) is 2.79. The van der Waals surface area contributed by atoms with Gasteiger partial charge in [-0.3, -0.25) is 0 Å². The Morgan fingerprint density at radius 1 is 1.00 bits per heavy atom. The standard InChI is InChI=1S/C24H30N6O3/c1-28(2)15-17-5-7-18(8-6-17)27-24(31)30-11-9-29(10-12-30)23-19-13-21(32-3)22(33-4)14-20(19)25-16-26-23/h5-8,13-14,16H,9-12,15H2,1-4H3,(H,27,31). The Bertz CT molecular complexity index is 1110. The molecule has 0 radical (unpaired) electrons. The number of hydrogen-bond acceptors (Lipinski definition) is 7. The number of fused-ring (bicyclic) bond motifs is 1. The maximum atomic E-state index is 12.8. The van der Waals surface area contributed by atoms with Crippen molar-refractivity contribution in [3.63, 3.8) is 0 Å². The average Bonchev–Trinajstić information content (AvgIpc) is 2.83. The third-order valence-electron chi connectivity index (χ3n) is 5.69. The Balaban J connectivity index is 1.41. The lowest BCUT2D eigenvalue weighted by molar-refractivity contribution is 0.208. The summed E-state index contributed by atoms with van der Waals surface area (Å²) in [4.78, 5) is 27.8. The van der Waals surface area contributed by atoms with Gasteiger partial charge < -0.3 is 29.5 Å². The van der Waals surface area contributed by atoms with Gasteiger partial charge in [-0.15, -0.1) is 0 Å². The maximum Gasteiger partial charge on any atom is 0.321 e. The summed E-state index contributed by atoms with van der Waals surface area (Å²) in [6.07, 6.45) is 1.56. The molecule has 1 aliphatic heterocycles. The summed E-state index contributed by atoms with van der Waals surface area (Å²) in [7, 11) is 7.29. The van der Waals surface area contributed by atoms with Crippen LogP contribution in [0.5, 0.6) is 11.5 Å². The number of rotatable bonds is 6. The molecule has 1 aromatic heterocycles. The van der Waals surface area contributed by atoms with Crippen molar-refractivity contribution in [2.75, 3.05) is 64.7 Å². The smallest absolute Gasteiger partial charge is 0.321 e. The zero-order chi connectivity index (χ0) is 23.4. The van der Waals surface area contributed by atoms with Gasteiger partial charge in [0.25, 0.3) is 0 Å². The van der Waals surface area contributed by atoms with E-state index < -0.39 is 0 Å². The molecule has 1 saturated heterocycles. The number of anilines is 2. The van der Waals surface area contributed by atoms with Crippen molar-refractivity contribution in [1.82, 2.24) is 19.8 Å². The van der Waals surface area contributed by atoms with Crippen LogP contribution in [-0.4, -0.2) is 80.3 Å². The van der Waals surface area contributed by atoms with E-state index in [1.165, 1.54) is 5.56 Å². The molecule has 0 atom stereocenters. The van der Waals surface area contributed by atoms with E-state index in [4.69, 9.17) is 9.47 Å². The molecule has 0 spiro atoms. The van der Waals surface area contributed by atoms with Gasteiger partial charge in [0, 0.05) is 49.9 Å². The monoisotopic (exact) mass is 450 g/mol. The minimum Gasteiger partial charge on any atom is -0.493 e. The maximum absolute atomic E-state index is 12.8. The fourth-order valence-corrected chi connectivity index (χ4v) is 4.00. The van der Waals surface area contributed by atoms with Crippen LogP contribution < -0.4 is 19.7 Å². The van der Waals surface area contributed by atoms with Gasteiger partial charge in [-0.05, 0) is 37.9 Å². The first-order valence-electron chi connectivity index (χ1n) is 10.9. The number of carbonyl (C=O) groups excluding carboxylic acids is 1. The summed E-state index contributed by atoms with van der Waals surface area (Å²) >= 11 is 0. The van der Waals surface area contributed by atoms with Crippen LogP contribution in [0.3, 0.4) is 0 Å². The molecule has 0 saturated carbocycles. The number of piperazine rings is 1. The second-order valence-corrected chi connectivity index (χ2v) is 8.26. The molecule has 0 unspecified atom stereocenters. The molecule has 0 aliphatic carbocycles. The lowest BCUT2D eigenvalue weighted by atomic mass is 10.2. The Hall–Kier alpha value is -3.59. The third-order valence-corrected chi connectivity index (χ3v) is 5.69. The van der Waals surface area contributed by atoms with E-state index in [9.17, 15) is 4.79 Å². The number of nitrogens with one attached hydrogen (secondary N) is 1. The quantitative estimate of drug-likeness (QED) is 0.618. The molecule has 2 aromatic carbocycles. The fraction of sp³-hybridized carbons (Fsp3) is 0.375. The van der Waals surface area contributed by atoms with E-state index in [-0.39, 0.29) is 6.03 Å². The van der Waals surface area contributed by atoms with Crippen LogP contribution in [0.15, 0.2) is 42.7 Å². The Morgan fingerprint density at radius 2 is 1.67 bits per heavy atom. The Labute approximate surface area is 193 Å². The lowest BCUT2D eigenvalue weighted by Gasteiger charge is -2.35. The minimum absolute atomic E-state index is 0.0889. The average molecular weight is 451 g/mol. The predicted molar refractivity (Wildman–Crippen MR) is 129 cm³/mol. The van der Waals surface area contributed by atoms with E-state index >= 15 is 0 Å². The second-order valence-electron chi connectivity index (χ2n) is 8.26. The molecule has 174 valence electrons. The molecular weight excluding hydrogens is 420 g/mol. The highest BCUT2D eigenvalue weighted by Crippen LogP contribution is 2.34. The van der Waals surface area contributed by atoms with Gasteiger partial charge in [0.2, 0.25) is 0 Å². The number of benzene rings is 2. The number of nitrogens with zero attached hydrogens (tertiary/aromatic N) is 5. The van der Waals surface area contributed by atoms with Crippen LogP contribution >= 0.6 is 0 Å². The van der Waals surface area contributed by atoms with Crippen LogP contribution in [0, 0.1) is 0 Å². The summed E-state index contributed by atoms with van der Waals surface area (Å²) in [6.45, 7) is 3.42. The first kappa shape index (κ1) is 22.6. The second kappa shape index (κ2) is 9.91. The van der Waals surface area contributed by atoms with Gasteiger partial charge in [0.15, 0.2) is 11.5 Å². The Kier molecular flexibility index (Phi) is 6.79. The lowest BCUT2D eigenvalue weighted by Crippen LogP contribution is -2.50. The number of hydrogen-bond donors (Lipinski definition) is 1. The van der Waals surface area contributed by atoms with Gasteiger partial charge in [-0.25, -0.2) is 14.8 Å². The van der Waals surface area contributed by atoms with E-state index in [1.54, 1.807) is 20.5 Å². The summed E-state index contributed by atoms with van der Waals surface area (Å²) < 4.78 is 10.8. The third kappa shape index (κ3) is 5.09. The normalized spacial score (nSPS) is 14.0.